The van der Waals surface area contributed by atoms with Crippen LogP contribution in [0, 0.1) is 13.8 Å². The second-order valence-corrected chi connectivity index (χ2v) is 6.15. The predicted octanol–water partition coefficient (Wildman–Crippen LogP) is 5.57. The molecule has 2 aromatic rings. The summed E-state index contributed by atoms with van der Waals surface area (Å²) in [7, 11) is 0. The van der Waals surface area contributed by atoms with Gasteiger partial charge in [-0.15, -0.1) is 0 Å². The molecular weight excluding hydrogens is 242 g/mol. The van der Waals surface area contributed by atoms with Crippen LogP contribution in [0.2, 0.25) is 0 Å². The molecule has 0 unspecified atom stereocenters. The molecule has 1 aromatic heterocycles. The van der Waals surface area contributed by atoms with Crippen molar-refractivity contribution < 1.29 is 0 Å². The van der Waals surface area contributed by atoms with Crippen molar-refractivity contribution >= 4 is 16.6 Å². The zero-order valence-corrected chi connectivity index (χ0v) is 12.9. The number of fused-ring (bicyclic) bond motifs is 1. The van der Waals surface area contributed by atoms with Gasteiger partial charge >= 0.3 is 0 Å². The lowest BCUT2D eigenvalue weighted by Crippen LogP contribution is -2.06. The Hall–Kier alpha value is -1.76. The molecule has 1 nitrogen and oxygen atoms in total. The first-order valence-electron chi connectivity index (χ1n) is 7.57. The summed E-state index contributed by atoms with van der Waals surface area (Å²) in [6.07, 6.45) is 8.99. The summed E-state index contributed by atoms with van der Waals surface area (Å²) in [4.78, 5) is 0. The van der Waals surface area contributed by atoms with Crippen molar-refractivity contribution in [3.8, 4) is 0 Å². The average Bonchev–Trinajstić information content (AvgIpc) is 2.73. The highest BCUT2D eigenvalue weighted by atomic mass is 15.0. The fourth-order valence-corrected chi connectivity index (χ4v) is 3.36. The van der Waals surface area contributed by atoms with Crippen LogP contribution in [-0.2, 0) is 0 Å². The topological polar surface area (TPSA) is 4.93 Å². The molecule has 0 aliphatic heterocycles. The fourth-order valence-electron chi connectivity index (χ4n) is 3.36. The van der Waals surface area contributed by atoms with E-state index in [0.717, 1.165) is 12.8 Å². The van der Waals surface area contributed by atoms with Gasteiger partial charge in [0.15, 0.2) is 0 Å². The van der Waals surface area contributed by atoms with Gasteiger partial charge in [0.1, 0.15) is 0 Å². The number of rotatable bonds is 2. The summed E-state index contributed by atoms with van der Waals surface area (Å²) in [6.45, 7) is 9.04. The summed E-state index contributed by atoms with van der Waals surface area (Å²) < 4.78 is 2.50. The molecule has 0 N–H and O–H groups in total. The maximum absolute atomic E-state index is 2.50. The van der Waals surface area contributed by atoms with Gasteiger partial charge in [-0.3, -0.25) is 0 Å². The van der Waals surface area contributed by atoms with Crippen LogP contribution < -0.4 is 0 Å². The number of hydrogen-bond donors (Lipinski definition) is 0. The zero-order chi connectivity index (χ0) is 14.3. The summed E-state index contributed by atoms with van der Waals surface area (Å²) in [6, 6.07) is 6.83. The molecule has 1 heterocycles. The van der Waals surface area contributed by atoms with E-state index < -0.39 is 0 Å². The van der Waals surface area contributed by atoms with Crippen LogP contribution >= 0.6 is 0 Å². The van der Waals surface area contributed by atoms with Gasteiger partial charge in [0.25, 0.3) is 0 Å². The second kappa shape index (κ2) is 4.97. The molecule has 1 heteroatoms. The van der Waals surface area contributed by atoms with E-state index in [1.165, 1.54) is 33.4 Å². The Balaban J connectivity index is 2.36. The molecule has 20 heavy (non-hydrogen) atoms. The van der Waals surface area contributed by atoms with Crippen molar-refractivity contribution in [2.45, 2.75) is 46.5 Å². The van der Waals surface area contributed by atoms with Crippen LogP contribution in [0.15, 0.2) is 36.4 Å². The summed E-state index contributed by atoms with van der Waals surface area (Å²) >= 11 is 0. The minimum absolute atomic E-state index is 0.537. The first-order chi connectivity index (χ1) is 9.59. The molecule has 0 saturated heterocycles. The van der Waals surface area contributed by atoms with Gasteiger partial charge in [0, 0.05) is 16.8 Å². The smallest absolute Gasteiger partial charge is 0.0531 e. The molecule has 1 aromatic carbocycles. The highest BCUT2D eigenvalue weighted by molar-refractivity contribution is 5.89. The molecule has 1 aliphatic rings. The summed E-state index contributed by atoms with van der Waals surface area (Å²) in [5.41, 5.74) is 7.03. The Bertz CT molecular complexity index is 711. The molecule has 0 amide bonds. The number of benzene rings is 1. The van der Waals surface area contributed by atoms with Gasteiger partial charge in [-0.05, 0) is 56.4 Å². The van der Waals surface area contributed by atoms with E-state index in [0.29, 0.717) is 5.92 Å². The minimum Gasteiger partial charge on any atom is -0.317 e. The van der Waals surface area contributed by atoms with Crippen molar-refractivity contribution in [3.05, 3.63) is 53.2 Å². The molecule has 0 spiro atoms. The molecule has 0 saturated carbocycles. The van der Waals surface area contributed by atoms with E-state index in [4.69, 9.17) is 0 Å². The maximum Gasteiger partial charge on any atom is 0.0531 e. The largest absolute Gasteiger partial charge is 0.317 e. The third-order valence-electron chi connectivity index (χ3n) is 4.25. The first-order valence-corrected chi connectivity index (χ1v) is 7.57. The van der Waals surface area contributed by atoms with Crippen LogP contribution in [0.25, 0.3) is 16.6 Å². The van der Waals surface area contributed by atoms with Crippen LogP contribution in [0.4, 0.5) is 0 Å². The number of hydrogen-bond acceptors (Lipinski definition) is 0. The normalized spacial score (nSPS) is 15.2. The van der Waals surface area contributed by atoms with Crippen LogP contribution in [-0.4, -0.2) is 4.57 Å². The highest BCUT2D eigenvalue weighted by Gasteiger charge is 2.19. The van der Waals surface area contributed by atoms with E-state index in [9.17, 15) is 0 Å². The molecule has 1 aliphatic carbocycles. The Morgan fingerprint density at radius 3 is 2.60 bits per heavy atom. The number of aromatic nitrogens is 1. The first kappa shape index (κ1) is 13.2. The van der Waals surface area contributed by atoms with E-state index in [1.807, 2.05) is 0 Å². The molecule has 104 valence electrons. The van der Waals surface area contributed by atoms with Crippen molar-refractivity contribution in [2.24, 2.45) is 0 Å². The van der Waals surface area contributed by atoms with Gasteiger partial charge in [-0.1, -0.05) is 37.6 Å². The van der Waals surface area contributed by atoms with Gasteiger partial charge in [0.2, 0.25) is 0 Å². The zero-order valence-electron chi connectivity index (χ0n) is 12.9. The lowest BCUT2D eigenvalue weighted by Gasteiger charge is -2.18. The van der Waals surface area contributed by atoms with Gasteiger partial charge in [-0.25, -0.2) is 0 Å². The van der Waals surface area contributed by atoms with Crippen LogP contribution in [0.5, 0.6) is 0 Å². The molecule has 0 bridgehead atoms. The van der Waals surface area contributed by atoms with Crippen molar-refractivity contribution in [1.29, 1.82) is 0 Å². The Kier molecular flexibility index (Phi) is 3.29. The SMILES string of the molecule is Cc1ccc2c(c1)c(C)c(C(C)C)n2C1=CC=CCC1. The Morgan fingerprint density at radius 1 is 1.15 bits per heavy atom. The van der Waals surface area contributed by atoms with E-state index in [1.54, 1.807) is 0 Å². The quantitative estimate of drug-likeness (QED) is 0.668. The third-order valence-corrected chi connectivity index (χ3v) is 4.25. The van der Waals surface area contributed by atoms with Crippen molar-refractivity contribution in [3.63, 3.8) is 0 Å². The number of nitrogens with zero attached hydrogens (tertiary/aromatic N) is 1. The van der Waals surface area contributed by atoms with Crippen molar-refractivity contribution in [1.82, 2.24) is 4.57 Å². The lowest BCUT2D eigenvalue weighted by atomic mass is 10.0. The second-order valence-electron chi connectivity index (χ2n) is 6.15. The van der Waals surface area contributed by atoms with E-state index in [2.05, 4.69) is 68.7 Å². The number of allylic oxidation sites excluding steroid dienone is 4. The molecule has 0 atom stereocenters. The maximum atomic E-state index is 2.50. The summed E-state index contributed by atoms with van der Waals surface area (Å²) in [5.74, 6) is 0.537. The molecule has 3 rings (SSSR count). The minimum atomic E-state index is 0.537. The highest BCUT2D eigenvalue weighted by Crippen LogP contribution is 2.35. The average molecular weight is 265 g/mol. The van der Waals surface area contributed by atoms with Gasteiger partial charge < -0.3 is 4.57 Å². The summed E-state index contributed by atoms with van der Waals surface area (Å²) in [5, 5.41) is 1.41. The fraction of sp³-hybridized carbons (Fsp3) is 0.368. The molecule has 0 radical (unpaired) electrons. The predicted molar refractivity (Wildman–Crippen MR) is 88.1 cm³/mol. The van der Waals surface area contributed by atoms with Gasteiger partial charge in [0.05, 0.1) is 5.52 Å². The van der Waals surface area contributed by atoms with E-state index in [-0.39, 0.29) is 0 Å². The standard InChI is InChI=1S/C19H23N/c1-13(2)19-15(4)17-12-14(3)10-11-18(17)20(19)16-8-6-5-7-9-16/h5-6,8,10-13H,7,9H2,1-4H3. The Labute approximate surface area is 121 Å². The lowest BCUT2D eigenvalue weighted by molar-refractivity contribution is 0.779. The number of aryl methyl sites for hydroxylation is 2. The monoisotopic (exact) mass is 265 g/mol. The van der Waals surface area contributed by atoms with Gasteiger partial charge in [-0.2, -0.15) is 0 Å². The van der Waals surface area contributed by atoms with Crippen LogP contribution in [0.1, 0.15) is 49.4 Å². The van der Waals surface area contributed by atoms with Crippen LogP contribution in [0.3, 0.4) is 0 Å². The molecule has 0 fully saturated rings. The van der Waals surface area contributed by atoms with E-state index >= 15 is 0 Å². The Morgan fingerprint density at radius 2 is 1.95 bits per heavy atom. The van der Waals surface area contributed by atoms with Crippen molar-refractivity contribution in [2.75, 3.05) is 0 Å². The third kappa shape index (κ3) is 2.02. The molecular formula is C19H23N.